The number of aliphatic hydroxyl groups excluding tert-OH is 1. The van der Waals surface area contributed by atoms with Gasteiger partial charge in [-0.25, -0.2) is 8.78 Å². The molecule has 17 heavy (non-hydrogen) atoms. The highest BCUT2D eigenvalue weighted by molar-refractivity contribution is 5.85. The summed E-state index contributed by atoms with van der Waals surface area (Å²) < 4.78 is 26.7. The van der Waals surface area contributed by atoms with Gasteiger partial charge in [-0.2, -0.15) is 0 Å². The first kappa shape index (κ1) is 16.3. The van der Waals surface area contributed by atoms with Crippen LogP contribution in [0.25, 0.3) is 0 Å². The highest BCUT2D eigenvalue weighted by Crippen LogP contribution is 2.24. The third kappa shape index (κ3) is 4.22. The Bertz CT molecular complexity index is 340. The molecule has 98 valence electrons. The van der Waals surface area contributed by atoms with E-state index in [9.17, 15) is 13.9 Å². The Labute approximate surface area is 106 Å². The Kier molecular flexibility index (Phi) is 6.60. The smallest absolute Gasteiger partial charge is 0.131 e. The zero-order valence-corrected chi connectivity index (χ0v) is 10.7. The van der Waals surface area contributed by atoms with E-state index in [4.69, 9.17) is 5.73 Å². The number of hydrogen-bond donors (Lipinski definition) is 2. The molecule has 0 radical (unpaired) electrons. The lowest BCUT2D eigenvalue weighted by atomic mass is 9.95. The average molecular weight is 266 g/mol. The predicted octanol–water partition coefficient (Wildman–Crippen LogP) is 2.79. The van der Waals surface area contributed by atoms with Crippen molar-refractivity contribution in [2.75, 3.05) is 0 Å². The van der Waals surface area contributed by atoms with E-state index in [2.05, 4.69) is 0 Å². The molecular weight excluding hydrogens is 248 g/mol. The molecule has 0 aliphatic carbocycles. The summed E-state index contributed by atoms with van der Waals surface area (Å²) in [6.07, 6.45) is -0.527. The van der Waals surface area contributed by atoms with Crippen LogP contribution >= 0.6 is 12.4 Å². The van der Waals surface area contributed by atoms with E-state index in [0.717, 1.165) is 12.1 Å². The minimum absolute atomic E-state index is 0. The molecule has 0 spiro atoms. The molecule has 1 aromatic carbocycles. The monoisotopic (exact) mass is 265 g/mol. The molecule has 0 bridgehead atoms. The Hall–Kier alpha value is -0.710. The summed E-state index contributed by atoms with van der Waals surface area (Å²) in [5.41, 5.74) is 5.42. The van der Waals surface area contributed by atoms with Crippen LogP contribution < -0.4 is 5.73 Å². The normalized spacial score (nSPS) is 14.3. The van der Waals surface area contributed by atoms with Crippen LogP contribution in [0.3, 0.4) is 0 Å². The van der Waals surface area contributed by atoms with Gasteiger partial charge in [-0.1, -0.05) is 19.9 Å². The lowest BCUT2D eigenvalue weighted by molar-refractivity contribution is 0.118. The molecule has 1 aromatic rings. The lowest BCUT2D eigenvalue weighted by Crippen LogP contribution is -2.29. The molecule has 0 aliphatic rings. The van der Waals surface area contributed by atoms with Gasteiger partial charge in [0.05, 0.1) is 12.1 Å². The lowest BCUT2D eigenvalue weighted by Gasteiger charge is -2.21. The third-order valence-corrected chi connectivity index (χ3v) is 2.46. The highest BCUT2D eigenvalue weighted by atomic mass is 35.5. The molecule has 0 aromatic heterocycles. The molecule has 1 rings (SSSR count). The number of nitrogens with two attached hydrogens (primary N) is 1. The van der Waals surface area contributed by atoms with Crippen molar-refractivity contribution in [2.45, 2.75) is 32.4 Å². The van der Waals surface area contributed by atoms with Gasteiger partial charge in [0, 0.05) is 5.56 Å². The molecule has 0 saturated carbocycles. The van der Waals surface area contributed by atoms with Gasteiger partial charge in [0.2, 0.25) is 0 Å². The van der Waals surface area contributed by atoms with Gasteiger partial charge in [0.15, 0.2) is 0 Å². The molecule has 2 nitrogen and oxygen atoms in total. The summed E-state index contributed by atoms with van der Waals surface area (Å²) in [5, 5.41) is 9.73. The van der Waals surface area contributed by atoms with Crippen molar-refractivity contribution in [3.8, 4) is 0 Å². The van der Waals surface area contributed by atoms with Crippen molar-refractivity contribution in [3.63, 3.8) is 0 Å². The summed E-state index contributed by atoms with van der Waals surface area (Å²) in [7, 11) is 0. The van der Waals surface area contributed by atoms with Gasteiger partial charge in [-0.3, -0.25) is 0 Å². The van der Waals surface area contributed by atoms with E-state index in [-0.39, 0.29) is 23.9 Å². The molecule has 0 unspecified atom stereocenters. The minimum Gasteiger partial charge on any atom is -0.391 e. The largest absolute Gasteiger partial charge is 0.391 e. The minimum atomic E-state index is -1.02. The molecule has 0 fully saturated rings. The van der Waals surface area contributed by atoms with Gasteiger partial charge in [0.1, 0.15) is 11.6 Å². The molecule has 3 N–H and O–H groups in total. The van der Waals surface area contributed by atoms with Crippen LogP contribution in [-0.4, -0.2) is 11.2 Å². The number of halogens is 3. The number of benzene rings is 1. The summed E-state index contributed by atoms with van der Waals surface area (Å²) >= 11 is 0. The topological polar surface area (TPSA) is 46.2 Å². The number of hydrogen-bond acceptors (Lipinski definition) is 2. The third-order valence-electron chi connectivity index (χ3n) is 2.46. The van der Waals surface area contributed by atoms with Crippen LogP contribution in [0, 0.1) is 17.6 Å². The summed E-state index contributed by atoms with van der Waals surface area (Å²) in [6, 6.07) is 2.53. The van der Waals surface area contributed by atoms with E-state index in [1.807, 2.05) is 13.8 Å². The maximum absolute atomic E-state index is 13.4. The van der Waals surface area contributed by atoms with Crippen LogP contribution in [0.4, 0.5) is 8.78 Å². The van der Waals surface area contributed by atoms with E-state index in [1.165, 1.54) is 6.07 Å². The molecule has 0 saturated heterocycles. The van der Waals surface area contributed by atoms with Crippen molar-refractivity contribution in [3.05, 3.63) is 35.4 Å². The van der Waals surface area contributed by atoms with Crippen LogP contribution in [-0.2, 0) is 0 Å². The van der Waals surface area contributed by atoms with E-state index in [1.54, 1.807) is 0 Å². The van der Waals surface area contributed by atoms with Gasteiger partial charge in [0.25, 0.3) is 0 Å². The summed E-state index contributed by atoms with van der Waals surface area (Å²) in [6.45, 7) is 3.82. The van der Waals surface area contributed by atoms with E-state index < -0.39 is 23.8 Å². The molecule has 0 amide bonds. The highest BCUT2D eigenvalue weighted by Gasteiger charge is 2.23. The first-order valence-corrected chi connectivity index (χ1v) is 5.31. The van der Waals surface area contributed by atoms with Crippen LogP contribution in [0.1, 0.15) is 31.9 Å². The SMILES string of the molecule is CC(C)C[C@@H](O)[C@@H](N)c1c(F)cccc1F.Cl. The van der Waals surface area contributed by atoms with E-state index in [0.29, 0.717) is 6.42 Å². The maximum Gasteiger partial charge on any atom is 0.131 e. The first-order chi connectivity index (χ1) is 7.43. The number of aliphatic hydroxyl groups is 1. The maximum atomic E-state index is 13.4. The summed E-state index contributed by atoms with van der Waals surface area (Å²) in [4.78, 5) is 0. The van der Waals surface area contributed by atoms with Crippen molar-refractivity contribution in [2.24, 2.45) is 11.7 Å². The van der Waals surface area contributed by atoms with Crippen LogP contribution in [0.2, 0.25) is 0 Å². The van der Waals surface area contributed by atoms with Gasteiger partial charge < -0.3 is 10.8 Å². The number of rotatable bonds is 4. The second-order valence-corrected chi connectivity index (χ2v) is 4.36. The fourth-order valence-corrected chi connectivity index (χ4v) is 1.65. The molecule has 0 heterocycles. The van der Waals surface area contributed by atoms with Gasteiger partial charge >= 0.3 is 0 Å². The first-order valence-electron chi connectivity index (χ1n) is 5.31. The van der Waals surface area contributed by atoms with Crippen molar-refractivity contribution >= 4 is 12.4 Å². The molecular formula is C12H18ClF2NO. The van der Waals surface area contributed by atoms with Crippen molar-refractivity contribution in [1.29, 1.82) is 0 Å². The zero-order valence-electron chi connectivity index (χ0n) is 9.86. The Morgan fingerprint density at radius 3 is 2.12 bits per heavy atom. The van der Waals surface area contributed by atoms with Crippen molar-refractivity contribution in [1.82, 2.24) is 0 Å². The fraction of sp³-hybridized carbons (Fsp3) is 0.500. The zero-order chi connectivity index (χ0) is 12.3. The Morgan fingerprint density at radius 2 is 1.71 bits per heavy atom. The second-order valence-electron chi connectivity index (χ2n) is 4.36. The summed E-state index contributed by atoms with van der Waals surface area (Å²) in [5.74, 6) is -1.21. The molecule has 0 aliphatic heterocycles. The van der Waals surface area contributed by atoms with Gasteiger partial charge in [-0.05, 0) is 24.5 Å². The fourth-order valence-electron chi connectivity index (χ4n) is 1.65. The van der Waals surface area contributed by atoms with Crippen molar-refractivity contribution < 1.29 is 13.9 Å². The van der Waals surface area contributed by atoms with Gasteiger partial charge in [-0.15, -0.1) is 12.4 Å². The predicted molar refractivity (Wildman–Crippen MR) is 66.0 cm³/mol. The van der Waals surface area contributed by atoms with Crippen LogP contribution in [0.5, 0.6) is 0 Å². The molecule has 5 heteroatoms. The quantitative estimate of drug-likeness (QED) is 0.879. The second kappa shape index (κ2) is 6.89. The Morgan fingerprint density at radius 1 is 1.24 bits per heavy atom. The standard InChI is InChI=1S/C12H17F2NO.ClH/c1-7(2)6-10(16)12(15)11-8(13)4-3-5-9(11)14;/h3-5,7,10,12,16H,6,15H2,1-2H3;1H/t10-,12-;/m1./s1. The van der Waals surface area contributed by atoms with Crippen LogP contribution in [0.15, 0.2) is 18.2 Å². The molecule has 2 atom stereocenters. The Balaban J connectivity index is 0.00000256. The van der Waals surface area contributed by atoms with E-state index >= 15 is 0 Å². The average Bonchev–Trinajstić information content (AvgIpc) is 2.16.